The van der Waals surface area contributed by atoms with Crippen LogP contribution >= 0.6 is 23.4 Å². The molecule has 0 bridgehead atoms. The summed E-state index contributed by atoms with van der Waals surface area (Å²) in [5.74, 6) is -0.968. The first-order chi connectivity index (χ1) is 9.88. The average Bonchev–Trinajstić information content (AvgIpc) is 2.73. The number of carbonyl (C=O) groups is 1. The van der Waals surface area contributed by atoms with Crippen molar-refractivity contribution in [3.8, 4) is 0 Å². The molecule has 2 aromatic rings. The van der Waals surface area contributed by atoms with Gasteiger partial charge in [0.1, 0.15) is 0 Å². The summed E-state index contributed by atoms with van der Waals surface area (Å²) in [6.07, 6.45) is 1.66. The summed E-state index contributed by atoms with van der Waals surface area (Å²) in [6.45, 7) is 2.41. The number of hydrogen-bond acceptors (Lipinski definition) is 4. The van der Waals surface area contributed by atoms with Crippen LogP contribution in [0.2, 0.25) is 5.02 Å². The van der Waals surface area contributed by atoms with Crippen molar-refractivity contribution in [3.63, 3.8) is 0 Å². The van der Waals surface area contributed by atoms with Crippen LogP contribution in [0.1, 0.15) is 6.92 Å². The van der Waals surface area contributed by atoms with Crippen molar-refractivity contribution in [1.82, 2.24) is 9.55 Å². The molecular weight excluding hydrogens is 332 g/mol. The van der Waals surface area contributed by atoms with E-state index in [1.165, 1.54) is 0 Å². The van der Waals surface area contributed by atoms with Gasteiger partial charge in [-0.25, -0.2) is 4.98 Å². The lowest BCUT2D eigenvalue weighted by Crippen LogP contribution is -2.18. The molecule has 2 atom stereocenters. The molecule has 0 saturated carbocycles. The van der Waals surface area contributed by atoms with E-state index >= 15 is 0 Å². The largest absolute Gasteiger partial charge is 0.481 e. The molecule has 21 heavy (non-hydrogen) atoms. The van der Waals surface area contributed by atoms with Gasteiger partial charge in [0.2, 0.25) is 0 Å². The van der Waals surface area contributed by atoms with Gasteiger partial charge in [0.05, 0.1) is 16.8 Å². The van der Waals surface area contributed by atoms with E-state index in [1.807, 2.05) is 17.6 Å². The molecule has 5 nitrogen and oxygen atoms in total. The van der Waals surface area contributed by atoms with Gasteiger partial charge in [-0.2, -0.15) is 0 Å². The van der Waals surface area contributed by atoms with Gasteiger partial charge in [-0.1, -0.05) is 23.4 Å². The minimum atomic E-state index is -0.963. The molecule has 2 unspecified atom stereocenters. The SMILES string of the molecule is CC(Cn1c(SCC(=O)O)nc2cc(Cl)ccc21)S(C)=O. The first kappa shape index (κ1) is 16.3. The molecule has 0 aliphatic heterocycles. The van der Waals surface area contributed by atoms with Gasteiger partial charge in [-0.15, -0.1) is 0 Å². The predicted molar refractivity (Wildman–Crippen MR) is 86.6 cm³/mol. The van der Waals surface area contributed by atoms with E-state index in [9.17, 15) is 9.00 Å². The lowest BCUT2D eigenvalue weighted by atomic mass is 10.3. The van der Waals surface area contributed by atoms with Gasteiger partial charge in [0, 0.05) is 33.9 Å². The molecule has 0 aliphatic rings. The second-order valence-electron chi connectivity index (χ2n) is 4.63. The molecule has 1 aromatic carbocycles. The lowest BCUT2D eigenvalue weighted by molar-refractivity contribution is -0.133. The van der Waals surface area contributed by atoms with Crippen LogP contribution in [0.15, 0.2) is 23.4 Å². The predicted octanol–water partition coefficient (Wildman–Crippen LogP) is 2.63. The molecule has 0 radical (unpaired) electrons. The Morgan fingerprint density at radius 1 is 1.57 bits per heavy atom. The van der Waals surface area contributed by atoms with Gasteiger partial charge in [-0.3, -0.25) is 9.00 Å². The van der Waals surface area contributed by atoms with Crippen LogP contribution < -0.4 is 0 Å². The standard InChI is InChI=1S/C13H15ClN2O3S2/c1-8(21(2)19)6-16-11-4-3-9(14)5-10(11)15-13(16)20-7-12(17)18/h3-5,8H,6-7H2,1-2H3,(H,17,18). The van der Waals surface area contributed by atoms with Crippen molar-refractivity contribution in [2.75, 3.05) is 12.0 Å². The number of imidazole rings is 1. The van der Waals surface area contributed by atoms with Gasteiger partial charge < -0.3 is 9.67 Å². The van der Waals surface area contributed by atoms with E-state index in [4.69, 9.17) is 16.7 Å². The second-order valence-corrected chi connectivity index (χ2v) is 7.81. The molecule has 1 aromatic heterocycles. The highest BCUT2D eigenvalue weighted by atomic mass is 35.5. The Bertz CT molecular complexity index is 702. The Kier molecular flexibility index (Phi) is 5.29. The number of rotatable bonds is 6. The van der Waals surface area contributed by atoms with Crippen LogP contribution in [0, 0.1) is 0 Å². The third-order valence-corrected chi connectivity index (χ3v) is 5.48. The highest BCUT2D eigenvalue weighted by Gasteiger charge is 2.16. The van der Waals surface area contributed by atoms with Gasteiger partial charge in [-0.05, 0) is 25.1 Å². The molecule has 0 fully saturated rings. The molecule has 0 amide bonds. The Balaban J connectivity index is 2.43. The normalized spacial score (nSPS) is 14.2. The van der Waals surface area contributed by atoms with Crippen LogP contribution in [-0.4, -0.2) is 42.1 Å². The van der Waals surface area contributed by atoms with Crippen molar-refractivity contribution in [2.24, 2.45) is 0 Å². The van der Waals surface area contributed by atoms with Crippen LogP contribution in [0.4, 0.5) is 0 Å². The highest BCUT2D eigenvalue weighted by molar-refractivity contribution is 7.99. The van der Waals surface area contributed by atoms with E-state index in [0.717, 1.165) is 17.3 Å². The second kappa shape index (κ2) is 6.81. The quantitative estimate of drug-likeness (QED) is 0.814. The number of nitrogens with zero attached hydrogens (tertiary/aromatic N) is 2. The van der Waals surface area contributed by atoms with E-state index in [0.29, 0.717) is 22.2 Å². The van der Waals surface area contributed by atoms with E-state index in [1.54, 1.807) is 18.4 Å². The molecule has 1 N–H and O–H groups in total. The number of carboxylic acid groups (broad SMARTS) is 1. The lowest BCUT2D eigenvalue weighted by Gasteiger charge is -2.12. The summed E-state index contributed by atoms with van der Waals surface area (Å²) in [7, 11) is -0.963. The molecule has 0 aliphatic carbocycles. The Morgan fingerprint density at radius 2 is 2.29 bits per heavy atom. The van der Waals surface area contributed by atoms with Crippen molar-refractivity contribution in [1.29, 1.82) is 0 Å². The van der Waals surface area contributed by atoms with E-state index in [2.05, 4.69) is 4.98 Å². The maximum absolute atomic E-state index is 11.6. The summed E-state index contributed by atoms with van der Waals surface area (Å²) in [6, 6.07) is 5.36. The molecular formula is C13H15ClN2O3S2. The van der Waals surface area contributed by atoms with Crippen LogP contribution in [0.25, 0.3) is 11.0 Å². The summed E-state index contributed by atoms with van der Waals surface area (Å²) in [5, 5.41) is 9.96. The number of benzene rings is 1. The Morgan fingerprint density at radius 3 is 2.90 bits per heavy atom. The topological polar surface area (TPSA) is 72.2 Å². The zero-order valence-corrected chi connectivity index (χ0v) is 14.0. The number of aliphatic carboxylic acids is 1. The van der Waals surface area contributed by atoms with Crippen molar-refractivity contribution in [3.05, 3.63) is 23.2 Å². The molecule has 0 spiro atoms. The fourth-order valence-electron chi connectivity index (χ4n) is 1.86. The Hall–Kier alpha value is -1.05. The molecule has 2 rings (SSSR count). The maximum Gasteiger partial charge on any atom is 0.313 e. The van der Waals surface area contributed by atoms with Crippen LogP contribution in [-0.2, 0) is 22.1 Å². The Labute approximate surface area is 134 Å². The number of carboxylic acids is 1. The number of thioether (sulfide) groups is 1. The zero-order chi connectivity index (χ0) is 15.6. The molecule has 114 valence electrons. The van der Waals surface area contributed by atoms with Crippen LogP contribution in [0.3, 0.4) is 0 Å². The van der Waals surface area contributed by atoms with Gasteiger partial charge in [0.15, 0.2) is 5.16 Å². The van der Waals surface area contributed by atoms with Crippen molar-refractivity contribution < 1.29 is 14.1 Å². The first-order valence-corrected chi connectivity index (χ1v) is 9.19. The third-order valence-electron chi connectivity index (χ3n) is 3.01. The first-order valence-electron chi connectivity index (χ1n) is 6.21. The summed E-state index contributed by atoms with van der Waals surface area (Å²) in [4.78, 5) is 15.2. The monoisotopic (exact) mass is 346 g/mol. The van der Waals surface area contributed by atoms with Crippen LogP contribution in [0.5, 0.6) is 0 Å². The number of aromatic nitrogens is 2. The van der Waals surface area contributed by atoms with Gasteiger partial charge >= 0.3 is 5.97 Å². The van der Waals surface area contributed by atoms with Crippen molar-refractivity contribution in [2.45, 2.75) is 23.9 Å². The number of halogens is 1. The molecule has 8 heteroatoms. The fourth-order valence-corrected chi connectivity index (χ4v) is 3.13. The average molecular weight is 347 g/mol. The number of hydrogen-bond donors (Lipinski definition) is 1. The number of fused-ring (bicyclic) bond motifs is 1. The van der Waals surface area contributed by atoms with E-state index in [-0.39, 0.29) is 11.0 Å². The summed E-state index contributed by atoms with van der Waals surface area (Å²) >= 11 is 7.12. The molecule has 0 saturated heterocycles. The fraction of sp³-hybridized carbons (Fsp3) is 0.385. The van der Waals surface area contributed by atoms with Crippen molar-refractivity contribution >= 4 is 51.2 Å². The maximum atomic E-state index is 11.6. The zero-order valence-electron chi connectivity index (χ0n) is 11.6. The minimum Gasteiger partial charge on any atom is -0.481 e. The van der Waals surface area contributed by atoms with E-state index < -0.39 is 16.8 Å². The summed E-state index contributed by atoms with van der Waals surface area (Å²) in [5.41, 5.74) is 1.58. The minimum absolute atomic E-state index is 0.0535. The summed E-state index contributed by atoms with van der Waals surface area (Å²) < 4.78 is 13.5. The highest BCUT2D eigenvalue weighted by Crippen LogP contribution is 2.27. The van der Waals surface area contributed by atoms with Gasteiger partial charge in [0.25, 0.3) is 0 Å². The molecule has 1 heterocycles. The smallest absolute Gasteiger partial charge is 0.313 e. The third kappa shape index (κ3) is 3.99.